The monoisotopic (exact) mass is 401 g/mol. The minimum Gasteiger partial charge on any atom is -0.475 e. The van der Waals surface area contributed by atoms with Gasteiger partial charge < -0.3 is 9.47 Å². The van der Waals surface area contributed by atoms with E-state index in [2.05, 4.69) is 4.74 Å². The van der Waals surface area contributed by atoms with Crippen molar-refractivity contribution in [1.29, 1.82) is 0 Å². The molecule has 0 aromatic heterocycles. The Balaban J connectivity index is 2.14. The molecule has 1 heterocycles. The van der Waals surface area contributed by atoms with Crippen LogP contribution >= 0.6 is 23.2 Å². The summed E-state index contributed by atoms with van der Waals surface area (Å²) < 4.78 is 37.6. The summed E-state index contributed by atoms with van der Waals surface area (Å²) in [6, 6.07) is 10.8. The summed E-state index contributed by atoms with van der Waals surface area (Å²) in [4.78, 5) is 11.7. The second kappa shape index (κ2) is 6.74. The van der Waals surface area contributed by atoms with Gasteiger partial charge in [-0.25, -0.2) is 13.2 Å². The number of benzene rings is 2. The van der Waals surface area contributed by atoms with Gasteiger partial charge in [0.05, 0.1) is 29.4 Å². The van der Waals surface area contributed by atoms with Crippen molar-refractivity contribution in [3.63, 3.8) is 0 Å². The number of carbonyl (C=O) groups is 1. The van der Waals surface area contributed by atoms with Gasteiger partial charge in [-0.15, -0.1) is 0 Å². The Morgan fingerprint density at radius 1 is 1.20 bits per heavy atom. The lowest BCUT2D eigenvalue weighted by Crippen LogP contribution is -2.47. The van der Waals surface area contributed by atoms with E-state index in [9.17, 15) is 13.2 Å². The van der Waals surface area contributed by atoms with Gasteiger partial charge in [0.1, 0.15) is 10.6 Å². The summed E-state index contributed by atoms with van der Waals surface area (Å²) in [5.41, 5.74) is 0.304. The number of fused-ring (bicyclic) bond motifs is 1. The van der Waals surface area contributed by atoms with Gasteiger partial charge in [0.2, 0.25) is 6.10 Å². The molecule has 0 amide bonds. The fourth-order valence-electron chi connectivity index (χ4n) is 2.49. The van der Waals surface area contributed by atoms with E-state index in [0.29, 0.717) is 5.69 Å². The average molecular weight is 402 g/mol. The van der Waals surface area contributed by atoms with Gasteiger partial charge in [0, 0.05) is 0 Å². The Morgan fingerprint density at radius 2 is 1.92 bits per heavy atom. The van der Waals surface area contributed by atoms with E-state index in [1.807, 2.05) is 0 Å². The van der Waals surface area contributed by atoms with Crippen LogP contribution in [0.25, 0.3) is 0 Å². The third kappa shape index (κ3) is 3.15. The molecule has 2 aromatic rings. The van der Waals surface area contributed by atoms with Gasteiger partial charge in [0.25, 0.3) is 10.0 Å². The zero-order valence-electron chi connectivity index (χ0n) is 13.0. The van der Waals surface area contributed by atoms with Crippen LogP contribution in [-0.2, 0) is 19.6 Å². The number of hydrogen-bond acceptors (Lipinski definition) is 5. The van der Waals surface area contributed by atoms with Crippen LogP contribution in [-0.4, -0.2) is 34.1 Å². The van der Waals surface area contributed by atoms with Crippen molar-refractivity contribution in [2.24, 2.45) is 0 Å². The summed E-state index contributed by atoms with van der Waals surface area (Å²) in [5.74, 6) is -0.419. The second-order valence-corrected chi connectivity index (χ2v) is 7.80. The Hall–Kier alpha value is -1.96. The number of hydrogen-bond donors (Lipinski definition) is 0. The highest BCUT2D eigenvalue weighted by atomic mass is 35.5. The van der Waals surface area contributed by atoms with Crippen LogP contribution in [0.5, 0.6) is 5.75 Å². The molecular formula is C16H13Cl2NO5S. The molecule has 1 aliphatic rings. The number of sulfonamides is 1. The average Bonchev–Trinajstić information content (AvgIpc) is 2.62. The Bertz CT molecular complexity index is 932. The van der Waals surface area contributed by atoms with Gasteiger partial charge >= 0.3 is 5.97 Å². The van der Waals surface area contributed by atoms with Crippen LogP contribution in [0.1, 0.15) is 0 Å². The molecule has 9 heteroatoms. The van der Waals surface area contributed by atoms with Crippen molar-refractivity contribution in [2.45, 2.75) is 11.0 Å². The topological polar surface area (TPSA) is 72.9 Å². The van der Waals surface area contributed by atoms with Gasteiger partial charge in [0.15, 0.2) is 0 Å². The Morgan fingerprint density at radius 3 is 2.64 bits per heavy atom. The molecule has 0 saturated carbocycles. The van der Waals surface area contributed by atoms with Crippen molar-refractivity contribution in [3.8, 4) is 5.75 Å². The van der Waals surface area contributed by atoms with E-state index in [4.69, 9.17) is 27.9 Å². The van der Waals surface area contributed by atoms with Crippen LogP contribution in [0.2, 0.25) is 10.0 Å². The fraction of sp³-hybridized carbons (Fsp3) is 0.188. The smallest absolute Gasteiger partial charge is 0.348 e. The molecule has 0 N–H and O–H groups in total. The number of anilines is 1. The van der Waals surface area contributed by atoms with E-state index in [0.717, 1.165) is 4.31 Å². The van der Waals surface area contributed by atoms with Crippen molar-refractivity contribution >= 4 is 44.9 Å². The van der Waals surface area contributed by atoms with E-state index in [1.54, 1.807) is 24.3 Å². The summed E-state index contributed by atoms with van der Waals surface area (Å²) in [6.45, 7) is -0.241. The zero-order chi connectivity index (χ0) is 18.2. The van der Waals surface area contributed by atoms with Crippen molar-refractivity contribution in [1.82, 2.24) is 0 Å². The summed E-state index contributed by atoms with van der Waals surface area (Å²) in [6.07, 6.45) is -1.09. The lowest BCUT2D eigenvalue weighted by molar-refractivity contribution is -0.148. The number of rotatable bonds is 3. The van der Waals surface area contributed by atoms with Crippen LogP contribution < -0.4 is 9.04 Å². The van der Waals surface area contributed by atoms with Gasteiger partial charge in [-0.1, -0.05) is 41.4 Å². The number of carbonyl (C=O) groups excluding carboxylic acids is 1. The molecule has 1 atom stereocenters. The maximum absolute atomic E-state index is 13.2. The molecule has 2 aromatic carbocycles. The highest BCUT2D eigenvalue weighted by Crippen LogP contribution is 2.39. The summed E-state index contributed by atoms with van der Waals surface area (Å²) >= 11 is 12.0. The molecule has 0 bridgehead atoms. The Kier molecular flexibility index (Phi) is 4.81. The summed E-state index contributed by atoms with van der Waals surface area (Å²) in [7, 11) is -2.87. The highest BCUT2D eigenvalue weighted by Gasteiger charge is 2.38. The first kappa shape index (κ1) is 17.8. The Labute approximate surface area is 154 Å². The largest absolute Gasteiger partial charge is 0.475 e. The standard InChI is InChI=1S/C16H13Cl2NO5S/c1-23-16(20)13-9-19(11-6-2-3-7-12(11)24-13)25(21,22)14-8-4-5-10(17)15(14)18/h2-8,13H,9H2,1H3/t13-/m1/s1. The summed E-state index contributed by atoms with van der Waals surface area (Å²) in [5, 5.41) is 0.0385. The second-order valence-electron chi connectivity index (χ2n) is 5.19. The maximum Gasteiger partial charge on any atom is 0.348 e. The number of ether oxygens (including phenoxy) is 2. The number of halogens is 2. The number of esters is 1. The SMILES string of the molecule is COC(=O)[C@H]1CN(S(=O)(=O)c2cccc(Cl)c2Cl)c2ccccc2O1. The molecule has 0 aliphatic carbocycles. The van der Waals surface area contributed by atoms with E-state index >= 15 is 0 Å². The van der Waals surface area contributed by atoms with Gasteiger partial charge in [-0.2, -0.15) is 0 Å². The zero-order valence-corrected chi connectivity index (χ0v) is 15.3. The van der Waals surface area contributed by atoms with Crippen molar-refractivity contribution < 1.29 is 22.7 Å². The number of methoxy groups -OCH3 is 1. The predicted molar refractivity (Wildman–Crippen MR) is 93.9 cm³/mol. The molecule has 0 unspecified atom stereocenters. The maximum atomic E-state index is 13.2. The van der Waals surface area contributed by atoms with Crippen LogP contribution in [0, 0.1) is 0 Å². The van der Waals surface area contributed by atoms with E-state index < -0.39 is 22.1 Å². The third-order valence-electron chi connectivity index (χ3n) is 3.68. The van der Waals surface area contributed by atoms with Crippen LogP contribution in [0.15, 0.2) is 47.4 Å². The third-order valence-corrected chi connectivity index (χ3v) is 6.44. The lowest BCUT2D eigenvalue weighted by Gasteiger charge is -2.34. The molecule has 1 aliphatic heterocycles. The fourth-order valence-corrected chi connectivity index (χ4v) is 4.70. The normalized spacial score (nSPS) is 16.8. The molecule has 0 spiro atoms. The number of para-hydroxylation sites is 2. The minimum absolute atomic E-state index is 0.0808. The highest BCUT2D eigenvalue weighted by molar-refractivity contribution is 7.93. The molecule has 25 heavy (non-hydrogen) atoms. The van der Waals surface area contributed by atoms with E-state index in [-0.39, 0.29) is 27.2 Å². The van der Waals surface area contributed by atoms with E-state index in [1.165, 1.54) is 25.3 Å². The molecular weight excluding hydrogens is 389 g/mol. The van der Waals surface area contributed by atoms with Gasteiger partial charge in [-0.05, 0) is 24.3 Å². The first-order chi connectivity index (χ1) is 11.9. The number of nitrogens with zero attached hydrogens (tertiary/aromatic N) is 1. The predicted octanol–water partition coefficient (Wildman–Crippen LogP) is 3.12. The molecule has 6 nitrogen and oxygen atoms in total. The molecule has 0 radical (unpaired) electrons. The molecule has 132 valence electrons. The first-order valence-corrected chi connectivity index (χ1v) is 9.36. The first-order valence-electron chi connectivity index (χ1n) is 7.16. The van der Waals surface area contributed by atoms with Crippen molar-refractivity contribution in [2.75, 3.05) is 18.0 Å². The minimum atomic E-state index is -4.07. The van der Waals surface area contributed by atoms with Crippen LogP contribution in [0.3, 0.4) is 0 Å². The molecule has 3 rings (SSSR count). The lowest BCUT2D eigenvalue weighted by atomic mass is 10.2. The van der Waals surface area contributed by atoms with Gasteiger partial charge in [-0.3, -0.25) is 4.31 Å². The van der Waals surface area contributed by atoms with Crippen LogP contribution in [0.4, 0.5) is 5.69 Å². The quantitative estimate of drug-likeness (QED) is 0.738. The molecule has 0 saturated heterocycles. The van der Waals surface area contributed by atoms with Crippen molar-refractivity contribution in [3.05, 3.63) is 52.5 Å². The molecule has 0 fully saturated rings.